The number of ether oxygens (including phenoxy) is 1. The van der Waals surface area contributed by atoms with E-state index < -0.39 is 23.7 Å². The average Bonchev–Trinajstić information content (AvgIpc) is 2.97. The molecule has 0 aliphatic carbocycles. The summed E-state index contributed by atoms with van der Waals surface area (Å²) in [5.41, 5.74) is 0.655. The molecule has 10 heteroatoms. The molecule has 1 aliphatic rings. The standard InChI is InChI=1S/C18H21F3N4O3/c1-23-16(18(19,20)21)22-25(17(23)27)14-6-8-24(9-7-14)11-12-4-3-5-13(10-12)15(26)28-2/h3-5,10,14H,6-9,11H2,1-2H3. The number of carbonyl (C=O) groups is 1. The van der Waals surface area contributed by atoms with Gasteiger partial charge in [0.05, 0.1) is 18.7 Å². The van der Waals surface area contributed by atoms with Crippen LogP contribution >= 0.6 is 0 Å². The van der Waals surface area contributed by atoms with Crippen LogP contribution in [0.25, 0.3) is 0 Å². The van der Waals surface area contributed by atoms with Gasteiger partial charge in [-0.3, -0.25) is 9.47 Å². The van der Waals surface area contributed by atoms with Crippen LogP contribution in [0.2, 0.25) is 0 Å². The van der Waals surface area contributed by atoms with Crippen LogP contribution < -0.4 is 5.69 Å². The summed E-state index contributed by atoms with van der Waals surface area (Å²) in [6, 6.07) is 6.74. The van der Waals surface area contributed by atoms with Crippen molar-refractivity contribution in [2.24, 2.45) is 7.05 Å². The number of hydrogen-bond acceptors (Lipinski definition) is 5. The number of nitrogens with zero attached hydrogens (tertiary/aromatic N) is 4. The zero-order valence-electron chi connectivity index (χ0n) is 15.6. The molecule has 0 atom stereocenters. The molecule has 1 aromatic carbocycles. The summed E-state index contributed by atoms with van der Waals surface area (Å²) in [5.74, 6) is -1.59. The summed E-state index contributed by atoms with van der Waals surface area (Å²) in [4.78, 5) is 25.9. The first kappa shape index (κ1) is 20.1. The Morgan fingerprint density at radius 3 is 2.54 bits per heavy atom. The Balaban J connectivity index is 1.66. The second-order valence-electron chi connectivity index (χ2n) is 6.81. The van der Waals surface area contributed by atoms with Gasteiger partial charge >= 0.3 is 17.8 Å². The minimum Gasteiger partial charge on any atom is -0.465 e. The van der Waals surface area contributed by atoms with Crippen molar-refractivity contribution in [3.8, 4) is 0 Å². The molecule has 0 N–H and O–H groups in total. The first-order valence-electron chi connectivity index (χ1n) is 8.83. The Labute approximate surface area is 159 Å². The van der Waals surface area contributed by atoms with E-state index in [4.69, 9.17) is 4.74 Å². The van der Waals surface area contributed by atoms with E-state index in [1.54, 1.807) is 18.2 Å². The maximum atomic E-state index is 13.0. The molecular weight excluding hydrogens is 377 g/mol. The lowest BCUT2D eigenvalue weighted by Crippen LogP contribution is -2.37. The molecule has 1 saturated heterocycles. The molecule has 2 heterocycles. The van der Waals surface area contributed by atoms with E-state index in [0.717, 1.165) is 17.3 Å². The zero-order chi connectivity index (χ0) is 20.5. The first-order valence-corrected chi connectivity index (χ1v) is 8.83. The van der Waals surface area contributed by atoms with Gasteiger partial charge in [0.1, 0.15) is 0 Å². The average molecular weight is 398 g/mol. The number of aromatic nitrogens is 3. The van der Waals surface area contributed by atoms with E-state index in [9.17, 15) is 22.8 Å². The smallest absolute Gasteiger partial charge is 0.451 e. The summed E-state index contributed by atoms with van der Waals surface area (Å²) in [5, 5.41) is 3.53. The highest BCUT2D eigenvalue weighted by atomic mass is 19.4. The van der Waals surface area contributed by atoms with Crippen molar-refractivity contribution in [3.63, 3.8) is 0 Å². The molecule has 0 bridgehead atoms. The Hall–Kier alpha value is -2.62. The van der Waals surface area contributed by atoms with E-state index in [1.807, 2.05) is 6.07 Å². The van der Waals surface area contributed by atoms with Gasteiger partial charge in [0.2, 0.25) is 5.82 Å². The highest BCUT2D eigenvalue weighted by molar-refractivity contribution is 5.89. The van der Waals surface area contributed by atoms with Gasteiger partial charge in [0.15, 0.2) is 0 Å². The van der Waals surface area contributed by atoms with Crippen LogP contribution in [-0.2, 0) is 24.5 Å². The fraction of sp³-hybridized carbons (Fsp3) is 0.500. The molecule has 3 rings (SSSR count). The molecular formula is C18H21F3N4O3. The molecule has 1 aliphatic heterocycles. The number of halogens is 3. The maximum Gasteiger partial charge on any atom is 0.451 e. The third kappa shape index (κ3) is 4.11. The van der Waals surface area contributed by atoms with Crippen molar-refractivity contribution in [2.75, 3.05) is 20.2 Å². The molecule has 0 amide bonds. The number of carbonyl (C=O) groups excluding carboxylic acids is 1. The molecule has 28 heavy (non-hydrogen) atoms. The largest absolute Gasteiger partial charge is 0.465 e. The van der Waals surface area contributed by atoms with Crippen LogP contribution in [-0.4, -0.2) is 45.4 Å². The van der Waals surface area contributed by atoms with Gasteiger partial charge in [-0.05, 0) is 30.5 Å². The Bertz CT molecular complexity index is 912. The fourth-order valence-corrected chi connectivity index (χ4v) is 3.44. The van der Waals surface area contributed by atoms with Crippen LogP contribution in [0.4, 0.5) is 13.2 Å². The molecule has 0 spiro atoms. The van der Waals surface area contributed by atoms with Gasteiger partial charge < -0.3 is 4.74 Å². The van der Waals surface area contributed by atoms with Gasteiger partial charge in [0, 0.05) is 26.7 Å². The monoisotopic (exact) mass is 398 g/mol. The lowest BCUT2D eigenvalue weighted by Gasteiger charge is -2.31. The highest BCUT2D eigenvalue weighted by Gasteiger charge is 2.39. The van der Waals surface area contributed by atoms with E-state index in [0.29, 0.717) is 42.6 Å². The van der Waals surface area contributed by atoms with Gasteiger partial charge in [-0.25, -0.2) is 14.3 Å². The van der Waals surface area contributed by atoms with Crippen molar-refractivity contribution in [3.05, 3.63) is 51.7 Å². The quantitative estimate of drug-likeness (QED) is 0.739. The third-order valence-corrected chi connectivity index (χ3v) is 4.91. The van der Waals surface area contributed by atoms with Crippen molar-refractivity contribution in [1.29, 1.82) is 0 Å². The van der Waals surface area contributed by atoms with Crippen LogP contribution in [0.3, 0.4) is 0 Å². The predicted octanol–water partition coefficient (Wildman–Crippen LogP) is 2.22. The molecule has 2 aromatic rings. The number of alkyl halides is 3. The summed E-state index contributed by atoms with van der Waals surface area (Å²) >= 11 is 0. The van der Waals surface area contributed by atoms with Crippen LogP contribution in [0, 0.1) is 0 Å². The van der Waals surface area contributed by atoms with Crippen LogP contribution in [0.1, 0.15) is 40.6 Å². The Morgan fingerprint density at radius 2 is 1.96 bits per heavy atom. The fourth-order valence-electron chi connectivity index (χ4n) is 3.44. The van der Waals surface area contributed by atoms with Gasteiger partial charge in [-0.2, -0.15) is 13.2 Å². The maximum absolute atomic E-state index is 13.0. The van der Waals surface area contributed by atoms with E-state index in [1.165, 1.54) is 7.11 Å². The highest BCUT2D eigenvalue weighted by Crippen LogP contribution is 2.28. The summed E-state index contributed by atoms with van der Waals surface area (Å²) in [6.07, 6.45) is -3.62. The number of methoxy groups -OCH3 is 1. The van der Waals surface area contributed by atoms with Crippen molar-refractivity contribution in [2.45, 2.75) is 31.6 Å². The van der Waals surface area contributed by atoms with Crippen LogP contribution in [0.5, 0.6) is 0 Å². The van der Waals surface area contributed by atoms with Gasteiger partial charge in [0.25, 0.3) is 0 Å². The molecule has 1 fully saturated rings. The number of esters is 1. The number of piperidine rings is 1. The lowest BCUT2D eigenvalue weighted by molar-refractivity contribution is -0.147. The number of benzene rings is 1. The summed E-state index contributed by atoms with van der Waals surface area (Å²) < 4.78 is 45.1. The predicted molar refractivity (Wildman–Crippen MR) is 93.8 cm³/mol. The van der Waals surface area contributed by atoms with Gasteiger partial charge in [-0.1, -0.05) is 12.1 Å². The molecule has 0 saturated carbocycles. The SMILES string of the molecule is COC(=O)c1cccc(CN2CCC(n3nc(C(F)(F)F)n(C)c3=O)CC2)c1. The normalized spacial score (nSPS) is 16.3. The summed E-state index contributed by atoms with van der Waals surface area (Å²) in [6.45, 7) is 1.82. The Morgan fingerprint density at radius 1 is 1.29 bits per heavy atom. The first-order chi connectivity index (χ1) is 13.2. The topological polar surface area (TPSA) is 69.4 Å². The van der Waals surface area contributed by atoms with Crippen molar-refractivity contribution < 1.29 is 22.7 Å². The number of hydrogen-bond donors (Lipinski definition) is 0. The van der Waals surface area contributed by atoms with Gasteiger partial charge in [-0.15, -0.1) is 5.10 Å². The zero-order valence-corrected chi connectivity index (χ0v) is 15.6. The number of likely N-dealkylation sites (tertiary alicyclic amines) is 1. The molecule has 0 radical (unpaired) electrons. The molecule has 7 nitrogen and oxygen atoms in total. The minimum absolute atomic E-state index is 0.368. The summed E-state index contributed by atoms with van der Waals surface area (Å²) in [7, 11) is 2.40. The second kappa shape index (κ2) is 7.78. The second-order valence-corrected chi connectivity index (χ2v) is 6.81. The molecule has 152 valence electrons. The minimum atomic E-state index is -4.66. The molecule has 1 aromatic heterocycles. The molecule has 0 unspecified atom stereocenters. The Kier molecular flexibility index (Phi) is 5.59. The van der Waals surface area contributed by atoms with Crippen molar-refractivity contribution >= 4 is 5.97 Å². The lowest BCUT2D eigenvalue weighted by atomic mass is 10.0. The third-order valence-electron chi connectivity index (χ3n) is 4.91. The van der Waals surface area contributed by atoms with E-state index >= 15 is 0 Å². The van der Waals surface area contributed by atoms with Crippen molar-refractivity contribution in [1.82, 2.24) is 19.2 Å². The van der Waals surface area contributed by atoms with E-state index in [2.05, 4.69) is 10.00 Å². The van der Waals surface area contributed by atoms with E-state index in [-0.39, 0.29) is 6.04 Å². The number of rotatable bonds is 4. The van der Waals surface area contributed by atoms with Crippen LogP contribution in [0.15, 0.2) is 29.1 Å².